The lowest BCUT2D eigenvalue weighted by Crippen LogP contribution is -2.36. The number of nitrogens with zero attached hydrogens (tertiary/aromatic N) is 1. The van der Waals surface area contributed by atoms with Gasteiger partial charge >= 0.3 is 0 Å². The molecule has 1 saturated carbocycles. The first-order valence-electron chi connectivity index (χ1n) is 11.2. The predicted octanol–water partition coefficient (Wildman–Crippen LogP) is 5.11. The summed E-state index contributed by atoms with van der Waals surface area (Å²) >= 11 is 1.56. The zero-order valence-electron chi connectivity index (χ0n) is 18.1. The van der Waals surface area contributed by atoms with Gasteiger partial charge in [-0.15, -0.1) is 0 Å². The fraction of sp³-hybridized carbons (Fsp3) is 0.308. The zero-order valence-corrected chi connectivity index (χ0v) is 18.9. The van der Waals surface area contributed by atoms with Gasteiger partial charge in [0, 0.05) is 34.8 Å². The summed E-state index contributed by atoms with van der Waals surface area (Å²) < 4.78 is 28.0. The van der Waals surface area contributed by atoms with Gasteiger partial charge in [-0.2, -0.15) is 0 Å². The molecule has 2 bridgehead atoms. The van der Waals surface area contributed by atoms with Gasteiger partial charge in [0.05, 0.1) is 0 Å². The van der Waals surface area contributed by atoms with Crippen molar-refractivity contribution in [3.05, 3.63) is 83.9 Å². The van der Waals surface area contributed by atoms with Crippen molar-refractivity contribution in [1.29, 1.82) is 0 Å². The maximum absolute atomic E-state index is 13.3. The summed E-state index contributed by atoms with van der Waals surface area (Å²) in [6.07, 6.45) is 6.40. The number of ketones is 1. The van der Waals surface area contributed by atoms with E-state index in [1.807, 2.05) is 36.5 Å². The minimum atomic E-state index is -0.292. The molecule has 0 spiro atoms. The quantitative estimate of drug-likeness (QED) is 0.369. The number of aromatic nitrogens is 1. The van der Waals surface area contributed by atoms with Crippen LogP contribution in [-0.4, -0.2) is 30.0 Å². The highest BCUT2D eigenvalue weighted by Crippen LogP contribution is 2.42. The van der Waals surface area contributed by atoms with Crippen LogP contribution >= 0.6 is 11.9 Å². The highest BCUT2D eigenvalue weighted by atomic mass is 32.2. The molecule has 0 aliphatic heterocycles. The Labute approximate surface area is 196 Å². The fourth-order valence-corrected chi connectivity index (χ4v) is 5.62. The SMILES string of the molecule is O=C1c2ccc(OCCOc3ccc(F)cc3)cc2CC2CCC1C2NSc1cccnc1. The van der Waals surface area contributed by atoms with Crippen molar-refractivity contribution in [2.24, 2.45) is 11.8 Å². The first-order chi connectivity index (χ1) is 16.2. The molecular weight excluding hydrogens is 439 g/mol. The number of nitrogens with one attached hydrogen (secondary N) is 1. The molecule has 2 aliphatic carbocycles. The van der Waals surface area contributed by atoms with Crippen LogP contribution in [0, 0.1) is 17.7 Å². The van der Waals surface area contributed by atoms with E-state index in [2.05, 4.69) is 9.71 Å². The number of hydrogen-bond donors (Lipinski definition) is 1. The van der Waals surface area contributed by atoms with E-state index in [0.29, 0.717) is 24.9 Å². The predicted molar refractivity (Wildman–Crippen MR) is 125 cm³/mol. The Morgan fingerprint density at radius 2 is 1.82 bits per heavy atom. The standard InChI is InChI=1S/C26H25FN2O3S/c27-19-4-6-20(7-5-19)31-12-13-32-21-8-10-23-18(15-21)14-17-3-9-24(26(23)30)25(17)29-33-22-2-1-11-28-16-22/h1-2,4-8,10-11,15-17,24-25,29H,3,9,12-14H2. The third-order valence-electron chi connectivity index (χ3n) is 6.33. The van der Waals surface area contributed by atoms with Gasteiger partial charge in [0.1, 0.15) is 30.5 Å². The molecule has 5 rings (SSSR count). The molecule has 0 amide bonds. The van der Waals surface area contributed by atoms with E-state index in [4.69, 9.17) is 9.47 Å². The van der Waals surface area contributed by atoms with Crippen LogP contribution in [0.3, 0.4) is 0 Å². The summed E-state index contributed by atoms with van der Waals surface area (Å²) in [7, 11) is 0. The average Bonchev–Trinajstić information content (AvgIpc) is 3.19. The van der Waals surface area contributed by atoms with Crippen LogP contribution in [0.5, 0.6) is 11.5 Å². The number of benzene rings is 2. The van der Waals surface area contributed by atoms with Gasteiger partial charge in [0.25, 0.3) is 0 Å². The first kappa shape index (κ1) is 21.9. The Morgan fingerprint density at radius 3 is 2.61 bits per heavy atom. The summed E-state index contributed by atoms with van der Waals surface area (Å²) in [6, 6.07) is 15.8. The van der Waals surface area contributed by atoms with Crippen molar-refractivity contribution in [1.82, 2.24) is 9.71 Å². The largest absolute Gasteiger partial charge is 0.490 e. The second kappa shape index (κ2) is 9.93. The number of carbonyl (C=O) groups excluding carboxylic acids is 1. The van der Waals surface area contributed by atoms with E-state index in [9.17, 15) is 9.18 Å². The second-order valence-electron chi connectivity index (χ2n) is 8.42. The topological polar surface area (TPSA) is 60.5 Å². The fourth-order valence-electron chi connectivity index (χ4n) is 4.73. The van der Waals surface area contributed by atoms with Gasteiger partial charge in [-0.05, 0) is 97.3 Å². The van der Waals surface area contributed by atoms with E-state index < -0.39 is 0 Å². The molecule has 2 aromatic carbocycles. The van der Waals surface area contributed by atoms with Crippen LogP contribution in [0.1, 0.15) is 28.8 Å². The van der Waals surface area contributed by atoms with Crippen molar-refractivity contribution in [2.45, 2.75) is 30.2 Å². The number of carbonyl (C=O) groups is 1. The Balaban J connectivity index is 1.21. The van der Waals surface area contributed by atoms with Crippen molar-refractivity contribution < 1.29 is 18.7 Å². The second-order valence-corrected chi connectivity index (χ2v) is 9.33. The van der Waals surface area contributed by atoms with E-state index in [1.165, 1.54) is 12.1 Å². The summed E-state index contributed by atoms with van der Waals surface area (Å²) in [5.74, 6) is 1.67. The third-order valence-corrected chi connectivity index (χ3v) is 7.20. The van der Waals surface area contributed by atoms with Gasteiger partial charge in [0.2, 0.25) is 0 Å². The molecule has 1 fully saturated rings. The molecule has 3 atom stereocenters. The Hall–Kier alpha value is -2.90. The normalized spacial score (nSPS) is 21.4. The monoisotopic (exact) mass is 464 g/mol. The minimum absolute atomic E-state index is 0.00343. The van der Waals surface area contributed by atoms with Crippen LogP contribution in [0.4, 0.5) is 4.39 Å². The molecule has 1 heterocycles. The lowest BCUT2D eigenvalue weighted by atomic mass is 9.92. The van der Waals surface area contributed by atoms with Crippen LogP contribution in [-0.2, 0) is 6.42 Å². The Morgan fingerprint density at radius 1 is 1.03 bits per heavy atom. The van der Waals surface area contributed by atoms with E-state index in [-0.39, 0.29) is 23.6 Å². The molecule has 1 aromatic heterocycles. The lowest BCUT2D eigenvalue weighted by Gasteiger charge is -2.22. The molecule has 2 aliphatic rings. The molecule has 3 aromatic rings. The molecule has 7 heteroatoms. The average molecular weight is 465 g/mol. The molecule has 0 saturated heterocycles. The number of Topliss-reactive ketones (excluding diaryl/α,β-unsaturated/α-hetero) is 1. The van der Waals surface area contributed by atoms with Crippen LogP contribution in [0.25, 0.3) is 0 Å². The van der Waals surface area contributed by atoms with Crippen molar-refractivity contribution in [3.63, 3.8) is 0 Å². The maximum atomic E-state index is 13.3. The van der Waals surface area contributed by atoms with E-state index >= 15 is 0 Å². The zero-order chi connectivity index (χ0) is 22.6. The Kier molecular flexibility index (Phi) is 6.60. The molecular formula is C26H25FN2O3S. The molecule has 5 nitrogen and oxygen atoms in total. The minimum Gasteiger partial charge on any atom is -0.490 e. The number of ether oxygens (including phenoxy) is 2. The molecule has 33 heavy (non-hydrogen) atoms. The molecule has 3 unspecified atom stereocenters. The number of fused-ring (bicyclic) bond motifs is 3. The molecule has 0 radical (unpaired) electrons. The van der Waals surface area contributed by atoms with Gasteiger partial charge < -0.3 is 9.47 Å². The van der Waals surface area contributed by atoms with Crippen LogP contribution in [0.2, 0.25) is 0 Å². The van der Waals surface area contributed by atoms with Crippen molar-refractivity contribution in [2.75, 3.05) is 13.2 Å². The van der Waals surface area contributed by atoms with Crippen molar-refractivity contribution in [3.8, 4) is 11.5 Å². The summed E-state index contributed by atoms with van der Waals surface area (Å²) in [5, 5.41) is 0. The molecule has 1 N–H and O–H groups in total. The number of rotatable bonds is 8. The molecule has 170 valence electrons. The maximum Gasteiger partial charge on any atom is 0.167 e. The summed E-state index contributed by atoms with van der Waals surface area (Å²) in [6.45, 7) is 0.714. The first-order valence-corrected chi connectivity index (χ1v) is 12.0. The third kappa shape index (κ3) is 5.04. The van der Waals surface area contributed by atoms with Crippen LogP contribution in [0.15, 0.2) is 71.9 Å². The highest BCUT2D eigenvalue weighted by Gasteiger charge is 2.43. The van der Waals surface area contributed by atoms with Crippen LogP contribution < -0.4 is 14.2 Å². The van der Waals surface area contributed by atoms with Gasteiger partial charge in [-0.3, -0.25) is 14.5 Å². The van der Waals surface area contributed by atoms with E-state index in [1.54, 1.807) is 30.3 Å². The number of halogens is 1. The Bertz CT molecular complexity index is 1110. The van der Waals surface area contributed by atoms with E-state index in [0.717, 1.165) is 41.0 Å². The highest BCUT2D eigenvalue weighted by molar-refractivity contribution is 7.97. The summed E-state index contributed by atoms with van der Waals surface area (Å²) in [5.41, 5.74) is 1.87. The summed E-state index contributed by atoms with van der Waals surface area (Å²) in [4.78, 5) is 18.5. The van der Waals surface area contributed by atoms with Gasteiger partial charge in [-0.25, -0.2) is 4.39 Å². The lowest BCUT2D eigenvalue weighted by molar-refractivity contribution is 0.0909. The number of pyridine rings is 1. The van der Waals surface area contributed by atoms with Gasteiger partial charge in [-0.1, -0.05) is 0 Å². The van der Waals surface area contributed by atoms with Gasteiger partial charge in [0.15, 0.2) is 5.78 Å². The number of hydrogen-bond acceptors (Lipinski definition) is 6. The smallest absolute Gasteiger partial charge is 0.167 e. The van der Waals surface area contributed by atoms with Crippen molar-refractivity contribution >= 4 is 17.7 Å².